The van der Waals surface area contributed by atoms with Gasteiger partial charge in [0.1, 0.15) is 23.7 Å². The van der Waals surface area contributed by atoms with Crippen LogP contribution in [-0.4, -0.2) is 86.8 Å². The summed E-state index contributed by atoms with van der Waals surface area (Å²) >= 11 is 0. The lowest BCUT2D eigenvalue weighted by Crippen LogP contribution is -2.42. The van der Waals surface area contributed by atoms with Crippen LogP contribution in [0.1, 0.15) is 83.8 Å². The number of aryl methyl sites for hydroxylation is 2. The quantitative estimate of drug-likeness (QED) is 0.119. The van der Waals surface area contributed by atoms with Gasteiger partial charge >= 0.3 is 6.09 Å². The minimum atomic E-state index is -0.875. The van der Waals surface area contributed by atoms with E-state index in [0.717, 1.165) is 81.8 Å². The predicted molar refractivity (Wildman–Crippen MR) is 231 cm³/mol. The molecule has 0 spiro atoms. The van der Waals surface area contributed by atoms with Gasteiger partial charge in [-0.05, 0) is 110 Å². The van der Waals surface area contributed by atoms with Crippen molar-refractivity contribution in [2.45, 2.75) is 63.7 Å². The molecule has 12 nitrogen and oxygen atoms in total. The van der Waals surface area contributed by atoms with E-state index in [0.29, 0.717) is 24.5 Å². The smallest absolute Gasteiger partial charge is 0.407 e. The summed E-state index contributed by atoms with van der Waals surface area (Å²) in [6.45, 7) is 5.52. The van der Waals surface area contributed by atoms with Crippen LogP contribution in [0.4, 0.5) is 4.79 Å². The molecule has 2 aromatic heterocycles. The number of hydrogen-bond acceptors (Lipinski definition) is 7. The SMILES string of the molecule is COC(=O)NC(C(=O)N1CCC[C@H]1c1ncc(-c2ccc(-c3ccc(-c4cnc([C@@H]5CCCN5C(=O)[C@@H](c5ccccc5)N(C)C)[nH]4)cc3C)c(C)c2)[nH]1)c1ccccc1. The van der Waals surface area contributed by atoms with Crippen LogP contribution in [-0.2, 0) is 14.3 Å². The first-order valence-corrected chi connectivity index (χ1v) is 20.6. The van der Waals surface area contributed by atoms with E-state index in [-0.39, 0.29) is 29.9 Å². The molecule has 308 valence electrons. The van der Waals surface area contributed by atoms with Crippen molar-refractivity contribution >= 4 is 17.9 Å². The number of nitrogens with one attached hydrogen (secondary N) is 3. The summed E-state index contributed by atoms with van der Waals surface area (Å²) in [5.41, 5.74) is 10.0. The number of likely N-dealkylation sites (N-methyl/N-ethyl adjacent to an activating group) is 1. The van der Waals surface area contributed by atoms with Gasteiger partial charge in [-0.3, -0.25) is 14.5 Å². The molecule has 2 fully saturated rings. The van der Waals surface area contributed by atoms with Gasteiger partial charge in [-0.2, -0.15) is 0 Å². The van der Waals surface area contributed by atoms with Gasteiger partial charge in [-0.1, -0.05) is 84.9 Å². The number of likely N-dealkylation sites (tertiary alicyclic amines) is 2. The molecule has 2 saturated heterocycles. The molecule has 2 aliphatic heterocycles. The van der Waals surface area contributed by atoms with E-state index in [1.54, 1.807) is 4.90 Å². The van der Waals surface area contributed by atoms with Gasteiger partial charge in [0.2, 0.25) is 5.91 Å². The number of methoxy groups -OCH3 is 1. The Morgan fingerprint density at radius 3 is 1.65 bits per heavy atom. The highest BCUT2D eigenvalue weighted by molar-refractivity contribution is 5.87. The van der Waals surface area contributed by atoms with Crippen molar-refractivity contribution in [3.8, 4) is 33.6 Å². The number of rotatable bonds is 11. The molecule has 4 atom stereocenters. The molecule has 4 heterocycles. The number of hydrogen-bond donors (Lipinski definition) is 3. The summed E-state index contributed by atoms with van der Waals surface area (Å²) in [5, 5.41) is 2.73. The summed E-state index contributed by atoms with van der Waals surface area (Å²) < 4.78 is 4.85. The second-order valence-corrected chi connectivity index (χ2v) is 16.1. The van der Waals surface area contributed by atoms with Crippen molar-refractivity contribution in [1.82, 2.24) is 40.0 Å². The fraction of sp³-hybridized carbons (Fsp3) is 0.312. The normalized spacial score (nSPS) is 17.5. The number of carbonyl (C=O) groups excluding carboxylic acids is 3. The number of benzene rings is 4. The molecular weight excluding hydrogens is 753 g/mol. The van der Waals surface area contributed by atoms with Crippen molar-refractivity contribution in [3.63, 3.8) is 0 Å². The summed E-state index contributed by atoms with van der Waals surface area (Å²) in [5.74, 6) is 1.42. The summed E-state index contributed by atoms with van der Waals surface area (Å²) in [7, 11) is 5.20. The van der Waals surface area contributed by atoms with Gasteiger partial charge in [0.25, 0.3) is 5.91 Å². The summed E-state index contributed by atoms with van der Waals surface area (Å²) in [6.07, 6.45) is 6.43. The molecule has 0 radical (unpaired) electrons. The second-order valence-electron chi connectivity index (χ2n) is 16.1. The van der Waals surface area contributed by atoms with Crippen LogP contribution in [0, 0.1) is 13.8 Å². The van der Waals surface area contributed by atoms with Gasteiger partial charge in [0, 0.05) is 13.1 Å². The number of H-pyrrole nitrogens is 2. The standard InChI is InChI=1S/C48H52N8O4/c1-30-26-34(38-28-49-44(51-38)40-18-12-24-55(40)46(57)42(53-48(59)60-5)32-14-8-6-9-15-32)20-22-36(30)37-23-21-35(27-31(37)2)39-29-50-45(52-39)41-19-13-25-56(41)47(58)43(54(3)4)33-16-10-7-11-17-33/h6-11,14-17,20-23,26-29,40-43H,12-13,18-19,24-25H2,1-5H3,(H,49,51)(H,50,52)(H,53,59)/t40-,41-,42?,43+/m0/s1. The predicted octanol–water partition coefficient (Wildman–Crippen LogP) is 8.48. The van der Waals surface area contributed by atoms with Gasteiger partial charge in [-0.25, -0.2) is 14.8 Å². The number of nitrogens with zero attached hydrogens (tertiary/aromatic N) is 5. The Hall–Kier alpha value is -6.53. The second kappa shape index (κ2) is 17.4. The topological polar surface area (TPSA) is 140 Å². The fourth-order valence-electron chi connectivity index (χ4n) is 8.93. The highest BCUT2D eigenvalue weighted by atomic mass is 16.5. The zero-order valence-corrected chi connectivity index (χ0v) is 34.8. The largest absolute Gasteiger partial charge is 0.453 e. The number of aromatic amines is 2. The monoisotopic (exact) mass is 804 g/mol. The van der Waals surface area contributed by atoms with Crippen LogP contribution in [0.3, 0.4) is 0 Å². The maximum absolute atomic E-state index is 14.0. The average molecular weight is 805 g/mol. The van der Waals surface area contributed by atoms with E-state index in [1.807, 2.05) is 97.0 Å². The van der Waals surface area contributed by atoms with Crippen molar-refractivity contribution in [1.29, 1.82) is 0 Å². The molecule has 4 aromatic carbocycles. The highest BCUT2D eigenvalue weighted by Crippen LogP contribution is 2.38. The van der Waals surface area contributed by atoms with Crippen molar-refractivity contribution in [3.05, 3.63) is 143 Å². The van der Waals surface area contributed by atoms with E-state index in [1.165, 1.54) is 7.11 Å². The molecule has 0 bridgehead atoms. The lowest BCUT2D eigenvalue weighted by molar-refractivity contribution is -0.137. The van der Waals surface area contributed by atoms with Gasteiger partial charge in [0.05, 0.1) is 43.0 Å². The molecule has 8 rings (SSSR count). The minimum absolute atomic E-state index is 0.0946. The van der Waals surface area contributed by atoms with E-state index < -0.39 is 12.1 Å². The Morgan fingerprint density at radius 1 is 0.700 bits per heavy atom. The fourth-order valence-corrected chi connectivity index (χ4v) is 8.93. The summed E-state index contributed by atoms with van der Waals surface area (Å²) in [6, 6.07) is 30.5. The molecule has 1 unspecified atom stereocenters. The van der Waals surface area contributed by atoms with E-state index in [4.69, 9.17) is 14.7 Å². The van der Waals surface area contributed by atoms with Crippen LogP contribution in [0.5, 0.6) is 0 Å². The zero-order chi connectivity index (χ0) is 41.9. The van der Waals surface area contributed by atoms with E-state index >= 15 is 0 Å². The Balaban J connectivity index is 0.967. The molecule has 3 N–H and O–H groups in total. The Bertz CT molecular complexity index is 2480. The van der Waals surface area contributed by atoms with Crippen LogP contribution >= 0.6 is 0 Å². The molecule has 12 heteroatoms. The van der Waals surface area contributed by atoms with Gasteiger partial charge < -0.3 is 29.8 Å². The Kier molecular flexibility index (Phi) is 11.7. The number of aromatic nitrogens is 4. The number of amides is 3. The van der Waals surface area contributed by atoms with Crippen molar-refractivity contribution in [2.24, 2.45) is 0 Å². The number of ether oxygens (including phenoxy) is 1. The first-order chi connectivity index (χ1) is 29.1. The van der Waals surface area contributed by atoms with E-state index in [2.05, 4.69) is 65.5 Å². The lowest BCUT2D eigenvalue weighted by atomic mass is 9.93. The summed E-state index contributed by atoms with van der Waals surface area (Å²) in [4.78, 5) is 62.6. The molecule has 0 aliphatic carbocycles. The highest BCUT2D eigenvalue weighted by Gasteiger charge is 2.38. The Labute approximate surface area is 351 Å². The molecule has 3 amide bonds. The molecule has 2 aliphatic rings. The van der Waals surface area contributed by atoms with Crippen molar-refractivity contribution in [2.75, 3.05) is 34.3 Å². The number of imidazole rings is 2. The van der Waals surface area contributed by atoms with Crippen LogP contribution in [0.25, 0.3) is 33.6 Å². The van der Waals surface area contributed by atoms with E-state index in [9.17, 15) is 14.4 Å². The lowest BCUT2D eigenvalue weighted by Gasteiger charge is -2.31. The minimum Gasteiger partial charge on any atom is -0.453 e. The number of carbonyl (C=O) groups is 3. The molecule has 6 aromatic rings. The first-order valence-electron chi connectivity index (χ1n) is 20.6. The maximum Gasteiger partial charge on any atom is 0.407 e. The van der Waals surface area contributed by atoms with Crippen LogP contribution < -0.4 is 5.32 Å². The van der Waals surface area contributed by atoms with Crippen LogP contribution in [0.15, 0.2) is 109 Å². The molecular formula is C48H52N8O4. The average Bonchev–Trinajstić information content (AvgIpc) is 4.10. The van der Waals surface area contributed by atoms with Gasteiger partial charge in [-0.15, -0.1) is 0 Å². The van der Waals surface area contributed by atoms with Gasteiger partial charge in [0.15, 0.2) is 0 Å². The zero-order valence-electron chi connectivity index (χ0n) is 34.8. The molecule has 60 heavy (non-hydrogen) atoms. The molecule has 0 saturated carbocycles. The van der Waals surface area contributed by atoms with Crippen molar-refractivity contribution < 1.29 is 19.1 Å². The first kappa shape index (κ1) is 40.3. The maximum atomic E-state index is 14.0. The third kappa shape index (κ3) is 8.07. The Morgan fingerprint density at radius 2 is 1.18 bits per heavy atom. The number of alkyl carbamates (subject to hydrolysis) is 1. The van der Waals surface area contributed by atoms with Crippen LogP contribution in [0.2, 0.25) is 0 Å². The third-order valence-electron chi connectivity index (χ3n) is 12.0. The third-order valence-corrected chi connectivity index (χ3v) is 12.0.